The van der Waals surface area contributed by atoms with Gasteiger partial charge in [-0.05, 0) is 29.2 Å². The highest BCUT2D eigenvalue weighted by molar-refractivity contribution is 9.10. The molecule has 0 saturated carbocycles. The quantitative estimate of drug-likeness (QED) is 0.472. The molecule has 0 N–H and O–H groups in total. The molecule has 2 aromatic heterocycles. The summed E-state index contributed by atoms with van der Waals surface area (Å²) in [5.74, 6) is 0.751. The highest BCUT2D eigenvalue weighted by Gasteiger charge is 2.12. The molecule has 0 bridgehead atoms. The van der Waals surface area contributed by atoms with Crippen LogP contribution in [0.2, 0.25) is 0 Å². The van der Waals surface area contributed by atoms with Crippen LogP contribution >= 0.6 is 32.9 Å². The van der Waals surface area contributed by atoms with Crippen molar-refractivity contribution >= 4 is 38.7 Å². The van der Waals surface area contributed by atoms with Crippen molar-refractivity contribution < 1.29 is 13.8 Å². The molecule has 0 spiro atoms. The molecule has 3 aromatic rings. The summed E-state index contributed by atoms with van der Waals surface area (Å²) in [6.07, 6.45) is 5.06. The van der Waals surface area contributed by atoms with Crippen molar-refractivity contribution in [2.24, 2.45) is 0 Å². The first-order valence-corrected chi connectivity index (χ1v) is 7.19. The van der Waals surface area contributed by atoms with Crippen LogP contribution in [0.4, 0.5) is 0 Å². The lowest BCUT2D eigenvalue weighted by Crippen LogP contribution is -2.37. The molecule has 0 aliphatic heterocycles. The number of aromatic nitrogens is 2. The number of carbonyl (C=O) groups is 1. The zero-order valence-electron chi connectivity index (χ0n) is 11.5. The second-order valence-electron chi connectivity index (χ2n) is 4.53. The minimum Gasteiger partial charge on any atom is -0.460 e. The number of carbonyl (C=O) groups excluding carboxylic acids is 1. The fourth-order valence-corrected chi connectivity index (χ4v) is 2.21. The van der Waals surface area contributed by atoms with E-state index in [1.807, 2.05) is 36.5 Å². The second-order valence-corrected chi connectivity index (χ2v) is 5.44. The predicted octanol–water partition coefficient (Wildman–Crippen LogP) is 3.85. The van der Waals surface area contributed by atoms with Crippen molar-refractivity contribution in [2.75, 3.05) is 0 Å². The molecule has 0 atom stereocenters. The molecule has 0 radical (unpaired) electrons. The first kappa shape index (κ1) is 16.6. The predicted molar refractivity (Wildman–Crippen MR) is 90.9 cm³/mol. The van der Waals surface area contributed by atoms with Gasteiger partial charge in [-0.2, -0.15) is 0 Å². The number of nitrogens with zero attached hydrogens (tertiary/aromatic N) is 2. The van der Waals surface area contributed by atoms with E-state index in [-0.39, 0.29) is 29.3 Å². The Labute approximate surface area is 146 Å². The van der Waals surface area contributed by atoms with Crippen LogP contribution < -0.4 is 4.57 Å². The lowest BCUT2D eigenvalue weighted by atomic mass is 10.1. The van der Waals surface area contributed by atoms with E-state index in [4.69, 9.17) is 4.42 Å². The van der Waals surface area contributed by atoms with Gasteiger partial charge < -0.3 is 4.42 Å². The van der Waals surface area contributed by atoms with Crippen LogP contribution in [0.25, 0.3) is 11.5 Å². The van der Waals surface area contributed by atoms with Crippen molar-refractivity contribution in [3.05, 3.63) is 71.3 Å². The maximum Gasteiger partial charge on any atom is 0.287 e. The van der Waals surface area contributed by atoms with Crippen molar-refractivity contribution in [1.82, 2.24) is 4.98 Å². The van der Waals surface area contributed by atoms with Gasteiger partial charge in [0.25, 0.3) is 6.33 Å². The third kappa shape index (κ3) is 3.90. The van der Waals surface area contributed by atoms with E-state index in [0.717, 1.165) is 10.2 Å². The Kier molecular flexibility index (Phi) is 5.63. The Morgan fingerprint density at radius 2 is 1.95 bits per heavy atom. The van der Waals surface area contributed by atoms with Crippen molar-refractivity contribution in [2.45, 2.75) is 6.54 Å². The van der Waals surface area contributed by atoms with Crippen LogP contribution in [0.5, 0.6) is 0 Å². The SMILES string of the molecule is Br.O=C(C[n+]1ccc(-c2ccco2)nc1)c1ccc(Br)cc1. The first-order chi connectivity index (χ1) is 10.2. The summed E-state index contributed by atoms with van der Waals surface area (Å²) in [5.41, 5.74) is 1.42. The normalized spacial score (nSPS) is 10.0. The zero-order valence-corrected chi connectivity index (χ0v) is 14.8. The summed E-state index contributed by atoms with van der Waals surface area (Å²) in [7, 11) is 0. The van der Waals surface area contributed by atoms with Crippen LogP contribution in [0, 0.1) is 0 Å². The summed E-state index contributed by atoms with van der Waals surface area (Å²) in [6, 6.07) is 12.8. The van der Waals surface area contributed by atoms with Crippen LogP contribution in [-0.2, 0) is 6.54 Å². The third-order valence-corrected chi connectivity index (χ3v) is 3.56. The molecular formula is C16H13Br2N2O2+. The fourth-order valence-electron chi connectivity index (χ4n) is 1.94. The highest BCUT2D eigenvalue weighted by atomic mass is 79.9. The summed E-state index contributed by atoms with van der Waals surface area (Å²) >= 11 is 3.35. The minimum absolute atomic E-state index is 0. The topological polar surface area (TPSA) is 47.0 Å². The largest absolute Gasteiger partial charge is 0.460 e. The summed E-state index contributed by atoms with van der Waals surface area (Å²) in [6.45, 7) is 0.257. The number of hydrogen-bond acceptors (Lipinski definition) is 3. The van der Waals surface area contributed by atoms with Gasteiger partial charge in [-0.25, -0.2) is 4.57 Å². The number of benzene rings is 1. The number of halogens is 2. The molecule has 6 heteroatoms. The van der Waals surface area contributed by atoms with E-state index in [9.17, 15) is 4.79 Å². The number of hydrogen-bond donors (Lipinski definition) is 0. The third-order valence-electron chi connectivity index (χ3n) is 3.04. The minimum atomic E-state index is 0. The molecule has 0 aliphatic carbocycles. The monoisotopic (exact) mass is 423 g/mol. The van der Waals surface area contributed by atoms with E-state index in [1.54, 1.807) is 29.3 Å². The van der Waals surface area contributed by atoms with E-state index in [2.05, 4.69) is 20.9 Å². The fraction of sp³-hybridized carbons (Fsp3) is 0.0625. The van der Waals surface area contributed by atoms with Crippen LogP contribution in [0.15, 0.2) is 70.1 Å². The molecule has 3 rings (SSSR count). The summed E-state index contributed by atoms with van der Waals surface area (Å²) in [5, 5.41) is 0. The molecule has 0 aliphatic rings. The smallest absolute Gasteiger partial charge is 0.287 e. The molecule has 0 amide bonds. The van der Waals surface area contributed by atoms with Gasteiger partial charge in [0.15, 0.2) is 12.3 Å². The van der Waals surface area contributed by atoms with Gasteiger partial charge in [0, 0.05) is 16.1 Å². The average Bonchev–Trinajstić information content (AvgIpc) is 3.03. The van der Waals surface area contributed by atoms with Gasteiger partial charge in [0.05, 0.1) is 12.5 Å². The van der Waals surface area contributed by atoms with Crippen LogP contribution in [-0.4, -0.2) is 10.8 Å². The second kappa shape index (κ2) is 7.47. The Morgan fingerprint density at radius 3 is 2.55 bits per heavy atom. The molecule has 2 heterocycles. The Balaban J connectivity index is 0.00000176. The average molecular weight is 425 g/mol. The molecule has 0 unspecified atom stereocenters. The highest BCUT2D eigenvalue weighted by Crippen LogP contribution is 2.15. The Hall–Kier alpha value is -1.79. The van der Waals surface area contributed by atoms with Gasteiger partial charge in [-0.3, -0.25) is 4.79 Å². The van der Waals surface area contributed by atoms with Gasteiger partial charge in [0.2, 0.25) is 11.5 Å². The standard InChI is InChI=1S/C16H12BrN2O2.BrH/c17-13-5-3-12(4-6-13)15(20)10-19-8-7-14(18-11-19)16-2-1-9-21-16;/h1-9,11H,10H2;1H/q+1;. The number of rotatable bonds is 4. The van der Waals surface area contributed by atoms with Crippen molar-refractivity contribution in [3.63, 3.8) is 0 Å². The van der Waals surface area contributed by atoms with Crippen molar-refractivity contribution in [1.29, 1.82) is 0 Å². The molecule has 0 saturated heterocycles. The lowest BCUT2D eigenvalue weighted by Gasteiger charge is -2.00. The van der Waals surface area contributed by atoms with Gasteiger partial charge in [-0.1, -0.05) is 28.1 Å². The maximum absolute atomic E-state index is 12.2. The van der Waals surface area contributed by atoms with Crippen molar-refractivity contribution in [3.8, 4) is 11.5 Å². The molecule has 112 valence electrons. The summed E-state index contributed by atoms with van der Waals surface area (Å²) < 4.78 is 7.98. The maximum atomic E-state index is 12.2. The van der Waals surface area contributed by atoms with Crippen LogP contribution in [0.3, 0.4) is 0 Å². The molecule has 1 aromatic carbocycles. The Morgan fingerprint density at radius 1 is 1.18 bits per heavy atom. The number of Topliss-reactive ketones (excluding diaryl/α,β-unsaturated/α-hetero) is 1. The Bertz CT molecular complexity index is 739. The molecular weight excluding hydrogens is 412 g/mol. The van der Waals surface area contributed by atoms with Gasteiger partial charge in [0.1, 0.15) is 0 Å². The van der Waals surface area contributed by atoms with E-state index >= 15 is 0 Å². The molecule has 22 heavy (non-hydrogen) atoms. The van der Waals surface area contributed by atoms with E-state index in [1.165, 1.54) is 0 Å². The lowest BCUT2D eigenvalue weighted by molar-refractivity contribution is -0.686. The van der Waals surface area contributed by atoms with Gasteiger partial charge >= 0.3 is 0 Å². The van der Waals surface area contributed by atoms with E-state index < -0.39 is 0 Å². The zero-order chi connectivity index (χ0) is 14.7. The molecule has 0 fully saturated rings. The molecule has 4 nitrogen and oxygen atoms in total. The summed E-state index contributed by atoms with van der Waals surface area (Å²) in [4.78, 5) is 16.4. The van der Waals surface area contributed by atoms with Crippen LogP contribution in [0.1, 0.15) is 10.4 Å². The van der Waals surface area contributed by atoms with Gasteiger partial charge in [-0.15, -0.1) is 17.0 Å². The first-order valence-electron chi connectivity index (χ1n) is 6.40. The number of ketones is 1. The number of furan rings is 1. The van der Waals surface area contributed by atoms with E-state index in [0.29, 0.717) is 11.3 Å².